The van der Waals surface area contributed by atoms with Crippen molar-refractivity contribution in [2.24, 2.45) is 11.3 Å². The van der Waals surface area contributed by atoms with Gasteiger partial charge in [-0.3, -0.25) is 0 Å². The third kappa shape index (κ3) is 4.97. The second-order valence-corrected chi connectivity index (χ2v) is 5.59. The molecular formula is C15H30O2. The first kappa shape index (κ1) is 15.0. The lowest BCUT2D eigenvalue weighted by atomic mass is 9.85. The van der Waals surface area contributed by atoms with Gasteiger partial charge in [0.1, 0.15) is 0 Å². The number of hydrogen-bond donors (Lipinski definition) is 0. The Morgan fingerprint density at radius 2 is 2.12 bits per heavy atom. The van der Waals surface area contributed by atoms with Crippen molar-refractivity contribution in [3.05, 3.63) is 0 Å². The highest BCUT2D eigenvalue weighted by molar-refractivity contribution is 4.81. The molecule has 0 radical (unpaired) electrons. The molecule has 1 heterocycles. The van der Waals surface area contributed by atoms with Crippen LogP contribution in [0.1, 0.15) is 59.3 Å². The van der Waals surface area contributed by atoms with E-state index in [0.717, 1.165) is 32.3 Å². The predicted octanol–water partition coefficient (Wildman–Crippen LogP) is 4.04. The molecule has 102 valence electrons. The molecule has 0 bridgehead atoms. The molecule has 0 amide bonds. The summed E-state index contributed by atoms with van der Waals surface area (Å²) in [5.41, 5.74) is 0.322. The Morgan fingerprint density at radius 3 is 2.65 bits per heavy atom. The van der Waals surface area contributed by atoms with Crippen molar-refractivity contribution in [2.75, 3.05) is 26.4 Å². The molecule has 2 atom stereocenters. The Balaban J connectivity index is 2.20. The maximum atomic E-state index is 5.98. The van der Waals surface area contributed by atoms with E-state index in [0.29, 0.717) is 5.41 Å². The average molecular weight is 242 g/mol. The molecule has 2 heteroatoms. The lowest BCUT2D eigenvalue weighted by Gasteiger charge is -2.26. The summed E-state index contributed by atoms with van der Waals surface area (Å²) >= 11 is 0. The van der Waals surface area contributed by atoms with Gasteiger partial charge < -0.3 is 9.47 Å². The van der Waals surface area contributed by atoms with Gasteiger partial charge in [0.05, 0.1) is 13.2 Å². The highest BCUT2D eigenvalue weighted by Gasteiger charge is 2.33. The van der Waals surface area contributed by atoms with Crippen LogP contribution in [0.2, 0.25) is 0 Å². The predicted molar refractivity (Wildman–Crippen MR) is 72.3 cm³/mol. The highest BCUT2D eigenvalue weighted by atomic mass is 16.5. The Labute approximate surface area is 107 Å². The Morgan fingerprint density at radius 1 is 1.29 bits per heavy atom. The van der Waals surface area contributed by atoms with Crippen LogP contribution in [0.5, 0.6) is 0 Å². The average Bonchev–Trinajstić information content (AvgIpc) is 2.83. The summed E-state index contributed by atoms with van der Waals surface area (Å²) in [5.74, 6) is 0.756. The molecule has 0 saturated carbocycles. The summed E-state index contributed by atoms with van der Waals surface area (Å²) in [6, 6.07) is 0. The summed E-state index contributed by atoms with van der Waals surface area (Å²) in [6.07, 6.45) is 7.55. The van der Waals surface area contributed by atoms with E-state index < -0.39 is 0 Å². The molecule has 1 saturated heterocycles. The first-order chi connectivity index (χ1) is 8.26. The molecule has 2 nitrogen and oxygen atoms in total. The van der Waals surface area contributed by atoms with Crippen molar-refractivity contribution in [2.45, 2.75) is 59.3 Å². The van der Waals surface area contributed by atoms with E-state index in [-0.39, 0.29) is 0 Å². The minimum atomic E-state index is 0.322. The lowest BCUT2D eigenvalue weighted by molar-refractivity contribution is 0.0134. The van der Waals surface area contributed by atoms with Crippen molar-refractivity contribution in [3.8, 4) is 0 Å². The molecule has 0 N–H and O–H groups in total. The van der Waals surface area contributed by atoms with E-state index in [2.05, 4.69) is 20.8 Å². The molecule has 0 aromatic heterocycles. The van der Waals surface area contributed by atoms with Crippen LogP contribution in [0.25, 0.3) is 0 Å². The van der Waals surface area contributed by atoms with Gasteiger partial charge in [-0.1, -0.05) is 40.0 Å². The number of hydrogen-bond acceptors (Lipinski definition) is 2. The minimum Gasteiger partial charge on any atom is -0.381 e. The standard InChI is InChI=1S/C15H30O2/c1-4-7-8-14(5-2)11-17-13-15(6-3)9-10-16-12-15/h14H,4-13H2,1-3H3. The second-order valence-electron chi connectivity index (χ2n) is 5.59. The molecule has 1 rings (SSSR count). The summed E-state index contributed by atoms with van der Waals surface area (Å²) in [5, 5.41) is 0. The van der Waals surface area contributed by atoms with Crippen molar-refractivity contribution in [3.63, 3.8) is 0 Å². The molecule has 2 unspecified atom stereocenters. The largest absolute Gasteiger partial charge is 0.381 e. The third-order valence-electron chi connectivity index (χ3n) is 4.24. The van der Waals surface area contributed by atoms with E-state index in [1.807, 2.05) is 0 Å². The van der Waals surface area contributed by atoms with Crippen LogP contribution in [-0.2, 0) is 9.47 Å². The van der Waals surface area contributed by atoms with Gasteiger partial charge in [-0.05, 0) is 25.2 Å². The molecule has 17 heavy (non-hydrogen) atoms. The van der Waals surface area contributed by atoms with Gasteiger partial charge in [0, 0.05) is 18.6 Å². The molecular weight excluding hydrogens is 212 g/mol. The van der Waals surface area contributed by atoms with Crippen LogP contribution in [0.4, 0.5) is 0 Å². The van der Waals surface area contributed by atoms with Crippen LogP contribution in [0.15, 0.2) is 0 Å². The summed E-state index contributed by atoms with van der Waals surface area (Å²) in [4.78, 5) is 0. The second kappa shape index (κ2) is 8.10. The van der Waals surface area contributed by atoms with Crippen LogP contribution in [0.3, 0.4) is 0 Å². The Hall–Kier alpha value is -0.0800. The topological polar surface area (TPSA) is 18.5 Å². The maximum Gasteiger partial charge on any atom is 0.0545 e. The van der Waals surface area contributed by atoms with Crippen molar-refractivity contribution >= 4 is 0 Å². The van der Waals surface area contributed by atoms with Gasteiger partial charge >= 0.3 is 0 Å². The van der Waals surface area contributed by atoms with Gasteiger partial charge in [-0.2, -0.15) is 0 Å². The lowest BCUT2D eigenvalue weighted by Crippen LogP contribution is -2.27. The third-order valence-corrected chi connectivity index (χ3v) is 4.24. The first-order valence-electron chi connectivity index (χ1n) is 7.41. The SMILES string of the molecule is CCCCC(CC)COCC1(CC)CCOC1. The van der Waals surface area contributed by atoms with Gasteiger partial charge in [-0.15, -0.1) is 0 Å². The molecule has 1 aliphatic heterocycles. The fourth-order valence-electron chi connectivity index (χ4n) is 2.48. The minimum absolute atomic E-state index is 0.322. The van der Waals surface area contributed by atoms with Crippen LogP contribution >= 0.6 is 0 Å². The van der Waals surface area contributed by atoms with Crippen molar-refractivity contribution in [1.82, 2.24) is 0 Å². The zero-order chi connectivity index (χ0) is 12.6. The maximum absolute atomic E-state index is 5.98. The molecule has 0 aliphatic carbocycles. The quantitative estimate of drug-likeness (QED) is 0.607. The zero-order valence-corrected chi connectivity index (χ0v) is 12.0. The number of unbranched alkanes of at least 4 members (excludes halogenated alkanes) is 1. The van der Waals surface area contributed by atoms with Gasteiger partial charge in [-0.25, -0.2) is 0 Å². The fraction of sp³-hybridized carbons (Fsp3) is 1.00. The van der Waals surface area contributed by atoms with Crippen LogP contribution in [-0.4, -0.2) is 26.4 Å². The molecule has 0 aromatic rings. The Kier molecular flexibility index (Phi) is 7.14. The van der Waals surface area contributed by atoms with Crippen molar-refractivity contribution < 1.29 is 9.47 Å². The van der Waals surface area contributed by atoms with E-state index in [1.165, 1.54) is 38.5 Å². The zero-order valence-electron chi connectivity index (χ0n) is 12.0. The van der Waals surface area contributed by atoms with E-state index in [4.69, 9.17) is 9.47 Å². The summed E-state index contributed by atoms with van der Waals surface area (Å²) in [6.45, 7) is 10.4. The monoisotopic (exact) mass is 242 g/mol. The molecule has 0 aromatic carbocycles. The molecule has 1 aliphatic rings. The molecule has 1 fully saturated rings. The van der Waals surface area contributed by atoms with E-state index in [1.54, 1.807) is 0 Å². The van der Waals surface area contributed by atoms with Gasteiger partial charge in [0.2, 0.25) is 0 Å². The Bertz CT molecular complexity index is 185. The summed E-state index contributed by atoms with van der Waals surface area (Å²) < 4.78 is 11.5. The van der Waals surface area contributed by atoms with Crippen molar-refractivity contribution in [1.29, 1.82) is 0 Å². The number of rotatable bonds is 9. The van der Waals surface area contributed by atoms with Crippen LogP contribution < -0.4 is 0 Å². The van der Waals surface area contributed by atoms with Gasteiger partial charge in [0.15, 0.2) is 0 Å². The van der Waals surface area contributed by atoms with Gasteiger partial charge in [0.25, 0.3) is 0 Å². The smallest absolute Gasteiger partial charge is 0.0545 e. The van der Waals surface area contributed by atoms with E-state index >= 15 is 0 Å². The van der Waals surface area contributed by atoms with E-state index in [9.17, 15) is 0 Å². The van der Waals surface area contributed by atoms with Crippen LogP contribution in [0, 0.1) is 11.3 Å². The number of ether oxygens (including phenoxy) is 2. The fourth-order valence-corrected chi connectivity index (χ4v) is 2.48. The highest BCUT2D eigenvalue weighted by Crippen LogP contribution is 2.32. The summed E-state index contributed by atoms with van der Waals surface area (Å²) in [7, 11) is 0. The normalized spacial score (nSPS) is 26.3. The first-order valence-corrected chi connectivity index (χ1v) is 7.41. The molecule has 0 spiro atoms.